The van der Waals surface area contributed by atoms with Crippen LogP contribution in [0.15, 0.2) is 0 Å². The second-order valence-electron chi connectivity index (χ2n) is 8.95. The Balaban J connectivity index is -0.000000115. The summed E-state index contributed by atoms with van der Waals surface area (Å²) in [4.78, 5) is 110. The molecule has 8 N–H and O–H groups in total. The van der Waals surface area contributed by atoms with Crippen LogP contribution >= 0.6 is 34.8 Å². The van der Waals surface area contributed by atoms with E-state index >= 15 is 0 Å². The van der Waals surface area contributed by atoms with Crippen molar-refractivity contribution in [2.45, 2.75) is 19.3 Å². The number of anilines is 3. The standard InChI is InChI=1S/C15H18N6O12.C5H8O4.C3Cl3N3.8Y/c22-7(23)1-19(2-8(24)25)13-16-14(20(3-9(26)27)4-10(28)29)18-15(17-13)21(5-11(30)31)6-12(32)33;6-4(7)2-1-3-5(8)9;4-1-7-2(5)9-3(6)8-1;;;;;;;;/h1-6H2,(H,22,23)(H,24,25)(H,26,27)(H,28,29)(H,30,31)(H,32,33);1-3H2,(H,6,7)(H,8,9);;;;;;;;;. The van der Waals surface area contributed by atoms with Crippen LogP contribution in [0.3, 0.4) is 0 Å². The molecule has 0 unspecified atom stereocenters. The van der Waals surface area contributed by atoms with Crippen LogP contribution in [0.1, 0.15) is 19.3 Å². The van der Waals surface area contributed by atoms with Gasteiger partial charge in [0.1, 0.15) is 39.3 Å². The molecule has 0 aliphatic rings. The number of carbonyl (C=O) groups is 8. The largest absolute Gasteiger partial charge is 0.481 e. The molecule has 0 bridgehead atoms. The van der Waals surface area contributed by atoms with Crippen molar-refractivity contribution in [2.24, 2.45) is 0 Å². The van der Waals surface area contributed by atoms with E-state index in [0.29, 0.717) is 14.7 Å². The van der Waals surface area contributed by atoms with Crippen LogP contribution in [0.25, 0.3) is 0 Å². The van der Waals surface area contributed by atoms with E-state index in [1.165, 1.54) is 0 Å². The second-order valence-corrected chi connectivity index (χ2v) is 9.96. The molecule has 2 aromatic heterocycles. The van der Waals surface area contributed by atoms with Gasteiger partial charge < -0.3 is 55.6 Å². The van der Waals surface area contributed by atoms with Crippen molar-refractivity contribution in [2.75, 3.05) is 54.0 Å². The molecule has 0 atom stereocenters. The van der Waals surface area contributed by atoms with E-state index in [-0.39, 0.29) is 297 Å². The maximum atomic E-state index is 11.1. The molecule has 0 aliphatic heterocycles. The summed E-state index contributed by atoms with van der Waals surface area (Å²) < 4.78 is 0. The normalized spacial score (nSPS) is 8.53. The summed E-state index contributed by atoms with van der Waals surface area (Å²) in [6.45, 7) is -5.89. The summed E-state index contributed by atoms with van der Waals surface area (Å²) in [7, 11) is 0. The van der Waals surface area contributed by atoms with Gasteiger partial charge in [0.05, 0.1) is 0 Å². The number of rotatable bonds is 19. The molecule has 0 fully saturated rings. The van der Waals surface area contributed by atoms with E-state index in [1.54, 1.807) is 0 Å². The summed E-state index contributed by atoms with van der Waals surface area (Å²) in [5, 5.41) is 70.4. The van der Waals surface area contributed by atoms with E-state index in [1.807, 2.05) is 0 Å². The zero-order chi connectivity index (χ0) is 39.4. The third-order valence-electron chi connectivity index (χ3n) is 4.74. The predicted molar refractivity (Wildman–Crippen MR) is 166 cm³/mol. The molecule has 0 amide bonds. The Bertz CT molecular complexity index is 1390. The first kappa shape index (κ1) is 82.0. The molecule has 2 rings (SSSR count). The molecule has 0 aromatic carbocycles. The number of aliphatic carboxylic acids is 8. The van der Waals surface area contributed by atoms with Crippen molar-refractivity contribution in [1.29, 1.82) is 0 Å². The number of aromatic nitrogens is 6. The van der Waals surface area contributed by atoms with Gasteiger partial charge in [-0.15, -0.1) is 0 Å². The van der Waals surface area contributed by atoms with Gasteiger partial charge in [0, 0.05) is 275 Å². The van der Waals surface area contributed by atoms with Crippen LogP contribution in [0.4, 0.5) is 17.8 Å². The van der Waals surface area contributed by atoms with Crippen molar-refractivity contribution < 1.29 is 341 Å². The molecule has 59 heavy (non-hydrogen) atoms. The Labute approximate surface area is 549 Å². The second kappa shape index (κ2) is 46.0. The fourth-order valence-electron chi connectivity index (χ4n) is 3.03. The number of carboxylic acid groups (broad SMARTS) is 8. The number of nitrogens with zero attached hydrogens (tertiary/aromatic N) is 9. The van der Waals surface area contributed by atoms with Gasteiger partial charge in [0.15, 0.2) is 0 Å². The van der Waals surface area contributed by atoms with Crippen molar-refractivity contribution >= 4 is 100 Å². The predicted octanol–water partition coefficient (Wildman–Crippen LogP) is -1.06. The Kier molecular flexibility index (Phi) is 64.0. The van der Waals surface area contributed by atoms with E-state index in [2.05, 4.69) is 29.9 Å². The summed E-state index contributed by atoms with van der Waals surface area (Å²) in [6.07, 6.45) is 0.0866. The minimum Gasteiger partial charge on any atom is -0.481 e. The van der Waals surface area contributed by atoms with Crippen LogP contribution in [0.2, 0.25) is 15.9 Å². The van der Waals surface area contributed by atoms with Gasteiger partial charge in [-0.3, -0.25) is 38.4 Å². The van der Waals surface area contributed by atoms with Gasteiger partial charge >= 0.3 is 47.8 Å². The molecule has 0 saturated heterocycles. The molecule has 25 nitrogen and oxygen atoms in total. The third kappa shape index (κ3) is 44.5. The zero-order valence-electron chi connectivity index (χ0n) is 30.0. The van der Waals surface area contributed by atoms with E-state index in [0.717, 1.165) is 0 Å². The van der Waals surface area contributed by atoms with E-state index in [4.69, 9.17) is 75.7 Å². The van der Waals surface area contributed by atoms with Crippen molar-refractivity contribution in [3.8, 4) is 0 Å². The Morgan fingerprint density at radius 2 is 0.508 bits per heavy atom. The molecule has 8 radical (unpaired) electrons. The van der Waals surface area contributed by atoms with Crippen molar-refractivity contribution in [1.82, 2.24) is 29.9 Å². The average molecular weight is 1500 g/mol. The molecule has 0 aliphatic carbocycles. The topological polar surface area (TPSA) is 385 Å². The van der Waals surface area contributed by atoms with Crippen molar-refractivity contribution in [3.63, 3.8) is 0 Å². The Hall–Kier alpha value is 2.88. The molecule has 304 valence electrons. The van der Waals surface area contributed by atoms with Gasteiger partial charge in [-0.2, -0.15) is 29.9 Å². The fraction of sp³-hybridized carbons (Fsp3) is 0.391. The maximum absolute atomic E-state index is 11.1. The van der Waals surface area contributed by atoms with Gasteiger partial charge in [0.2, 0.25) is 33.7 Å². The Morgan fingerprint density at radius 3 is 0.644 bits per heavy atom. The molecule has 0 spiro atoms. The summed E-state index contributed by atoms with van der Waals surface area (Å²) in [5.41, 5.74) is 0. The van der Waals surface area contributed by atoms with E-state index < -0.39 is 105 Å². The van der Waals surface area contributed by atoms with E-state index in [9.17, 15) is 38.4 Å². The first-order valence-electron chi connectivity index (χ1n) is 13.1. The van der Waals surface area contributed by atoms with Crippen LogP contribution in [0.5, 0.6) is 0 Å². The molecular weight excluding hydrogens is 1480 g/mol. The van der Waals surface area contributed by atoms with Crippen LogP contribution in [-0.2, 0) is 300 Å². The summed E-state index contributed by atoms with van der Waals surface area (Å²) in [6, 6.07) is 0. The number of hydrogen-bond acceptors (Lipinski definition) is 17. The maximum Gasteiger partial charge on any atom is 0.323 e. The molecule has 2 heterocycles. The van der Waals surface area contributed by atoms with Gasteiger partial charge in [0.25, 0.3) is 0 Å². The van der Waals surface area contributed by atoms with Crippen molar-refractivity contribution in [3.05, 3.63) is 15.9 Å². The molecule has 0 saturated carbocycles. The third-order valence-corrected chi connectivity index (χ3v) is 5.25. The van der Waals surface area contributed by atoms with Crippen LogP contribution < -0.4 is 14.7 Å². The quantitative estimate of drug-likeness (QED) is 0.0831. The van der Waals surface area contributed by atoms with Gasteiger partial charge in [-0.05, 0) is 41.2 Å². The zero-order valence-corrected chi connectivity index (χ0v) is 55.0. The summed E-state index contributed by atoms with van der Waals surface area (Å²) >= 11 is 16.0. The minimum absolute atomic E-state index is 0. The first-order chi connectivity index (χ1) is 23.6. The number of hydrogen-bond donors (Lipinski definition) is 8. The fourth-order valence-corrected chi connectivity index (χ4v) is 3.64. The monoisotopic (exact) mass is 1500 g/mol. The van der Waals surface area contributed by atoms with Gasteiger partial charge in [-0.1, -0.05) is 0 Å². The molecular formula is C23H26Cl3N9O16Y8. The summed E-state index contributed by atoms with van der Waals surface area (Å²) in [5.74, 6) is -13.2. The van der Waals surface area contributed by atoms with Gasteiger partial charge in [-0.25, -0.2) is 0 Å². The Morgan fingerprint density at radius 1 is 0.339 bits per heavy atom. The number of carboxylic acids is 8. The smallest absolute Gasteiger partial charge is 0.323 e. The van der Waals surface area contributed by atoms with Crippen LogP contribution in [-0.4, -0.2) is 158 Å². The number of halogens is 3. The molecule has 36 heteroatoms. The SMILES string of the molecule is Clc1nc(Cl)nc(Cl)n1.O=C(O)CCCC(=O)O.O=C(O)CN(CC(=O)O)c1nc(N(CC(=O)O)CC(=O)O)nc(N(CC(=O)O)CC(=O)O)n1.[Y].[Y].[Y].[Y].[Y].[Y].[Y].[Y]. The van der Waals surface area contributed by atoms with Crippen LogP contribution in [0, 0.1) is 0 Å². The minimum atomic E-state index is -1.53. The first-order valence-corrected chi connectivity index (χ1v) is 14.2. The molecule has 2 aromatic rings. The average Bonchev–Trinajstić information content (AvgIpc) is 2.94.